The van der Waals surface area contributed by atoms with Crippen molar-refractivity contribution in [2.45, 2.75) is 18.5 Å². The lowest BCUT2D eigenvalue weighted by Gasteiger charge is -2.44. The van der Waals surface area contributed by atoms with E-state index in [-0.39, 0.29) is 25.3 Å². The molecule has 0 aromatic heterocycles. The molecule has 0 aromatic carbocycles. The molecule has 0 aliphatic carbocycles. The Labute approximate surface area is 63.9 Å². The summed E-state index contributed by atoms with van der Waals surface area (Å²) in [7, 11) is 0. The molecule has 5 nitrogen and oxygen atoms in total. The van der Waals surface area contributed by atoms with Gasteiger partial charge in [-0.3, -0.25) is 4.90 Å². The molecule has 1 aliphatic rings. The van der Waals surface area contributed by atoms with Crippen LogP contribution in [0.5, 0.6) is 0 Å². The third kappa shape index (κ3) is 1.29. The number of nitrogens with zero attached hydrogens (tertiary/aromatic N) is 1. The highest BCUT2D eigenvalue weighted by atomic mass is 16.4. The van der Waals surface area contributed by atoms with Gasteiger partial charge in [-0.25, -0.2) is 4.79 Å². The molecule has 0 spiro atoms. The molecule has 1 amide bonds. The lowest BCUT2D eigenvalue weighted by Crippen LogP contribution is -2.61. The topological polar surface area (TPSA) is 81.0 Å². The predicted octanol–water partition coefficient (Wildman–Crippen LogP) is -0.908. The van der Waals surface area contributed by atoms with Crippen LogP contribution in [0.1, 0.15) is 6.42 Å². The van der Waals surface area contributed by atoms with Gasteiger partial charge in [0.1, 0.15) is 0 Å². The van der Waals surface area contributed by atoms with E-state index in [1.54, 1.807) is 0 Å². The number of hydrogen-bond donors (Lipinski definition) is 3. The number of aliphatic hydroxyl groups is 2. The minimum absolute atomic E-state index is 0.164. The molecule has 1 aliphatic heterocycles. The smallest absolute Gasteiger partial charge is 0.407 e. The normalized spacial score (nSPS) is 29.8. The van der Waals surface area contributed by atoms with Gasteiger partial charge in [-0.1, -0.05) is 0 Å². The van der Waals surface area contributed by atoms with Crippen molar-refractivity contribution < 1.29 is 20.1 Å². The molecule has 0 saturated carbocycles. The van der Waals surface area contributed by atoms with E-state index in [0.717, 1.165) is 4.90 Å². The van der Waals surface area contributed by atoms with Crippen LogP contribution >= 0.6 is 0 Å². The number of rotatable bonds is 2. The van der Waals surface area contributed by atoms with Crippen LogP contribution in [0.4, 0.5) is 4.79 Å². The minimum atomic E-state index is -1.07. The number of carbonyl (C=O) groups is 1. The molecular formula is C6H11NO4. The Kier molecular flexibility index (Phi) is 2.31. The summed E-state index contributed by atoms with van der Waals surface area (Å²) >= 11 is 0. The summed E-state index contributed by atoms with van der Waals surface area (Å²) in [5, 5.41) is 25.8. The van der Waals surface area contributed by atoms with Gasteiger partial charge in [0.05, 0.1) is 25.3 Å². The highest BCUT2D eigenvalue weighted by Crippen LogP contribution is 2.24. The lowest BCUT2D eigenvalue weighted by atomic mass is 9.95. The molecule has 3 N–H and O–H groups in total. The first-order valence-corrected chi connectivity index (χ1v) is 3.43. The van der Waals surface area contributed by atoms with Gasteiger partial charge in [0.25, 0.3) is 0 Å². The second-order valence-corrected chi connectivity index (χ2v) is 2.60. The zero-order chi connectivity index (χ0) is 8.43. The fourth-order valence-electron chi connectivity index (χ4n) is 1.34. The average molecular weight is 161 g/mol. The largest absolute Gasteiger partial charge is 0.465 e. The Hall–Kier alpha value is -0.810. The van der Waals surface area contributed by atoms with Gasteiger partial charge < -0.3 is 15.3 Å². The molecule has 0 unspecified atom stereocenters. The molecule has 1 rings (SSSR count). The SMILES string of the molecule is O=C(O)N1[C@H](CO)C[C@@H]1CO. The van der Waals surface area contributed by atoms with Crippen LogP contribution in [-0.2, 0) is 0 Å². The molecule has 5 heteroatoms. The van der Waals surface area contributed by atoms with Crippen LogP contribution < -0.4 is 0 Å². The fraction of sp³-hybridized carbons (Fsp3) is 0.833. The third-order valence-electron chi connectivity index (χ3n) is 1.97. The number of amides is 1. The van der Waals surface area contributed by atoms with Crippen LogP contribution in [0.25, 0.3) is 0 Å². The Morgan fingerprint density at radius 3 is 2.09 bits per heavy atom. The van der Waals surface area contributed by atoms with Gasteiger partial charge in [0.2, 0.25) is 0 Å². The standard InChI is InChI=1S/C6H11NO4/c8-2-4-1-5(3-9)7(4)6(10)11/h4-5,8-9H,1-3H2,(H,10,11)/t4-,5+. The van der Waals surface area contributed by atoms with Crippen molar-refractivity contribution in [3.8, 4) is 0 Å². The molecule has 1 heterocycles. The van der Waals surface area contributed by atoms with E-state index in [9.17, 15) is 4.79 Å². The van der Waals surface area contributed by atoms with Gasteiger partial charge in [-0.2, -0.15) is 0 Å². The molecule has 1 fully saturated rings. The number of likely N-dealkylation sites (tertiary alicyclic amines) is 1. The monoisotopic (exact) mass is 161 g/mol. The minimum Gasteiger partial charge on any atom is -0.465 e. The quantitative estimate of drug-likeness (QED) is 0.490. The van der Waals surface area contributed by atoms with Crippen molar-refractivity contribution in [2.24, 2.45) is 0 Å². The van der Waals surface area contributed by atoms with E-state index >= 15 is 0 Å². The Bertz CT molecular complexity index is 151. The van der Waals surface area contributed by atoms with Crippen molar-refractivity contribution in [1.29, 1.82) is 0 Å². The highest BCUT2D eigenvalue weighted by Gasteiger charge is 2.40. The van der Waals surface area contributed by atoms with Gasteiger partial charge in [0.15, 0.2) is 0 Å². The maximum absolute atomic E-state index is 10.4. The van der Waals surface area contributed by atoms with Crippen LogP contribution in [0.2, 0.25) is 0 Å². The van der Waals surface area contributed by atoms with Gasteiger partial charge in [0, 0.05) is 0 Å². The van der Waals surface area contributed by atoms with Gasteiger partial charge in [-0.05, 0) is 6.42 Å². The molecule has 64 valence electrons. The van der Waals surface area contributed by atoms with E-state index in [1.165, 1.54) is 0 Å². The summed E-state index contributed by atoms with van der Waals surface area (Å²) in [4.78, 5) is 11.5. The van der Waals surface area contributed by atoms with E-state index in [4.69, 9.17) is 15.3 Å². The predicted molar refractivity (Wildman–Crippen MR) is 36.2 cm³/mol. The average Bonchev–Trinajstić information content (AvgIpc) is 1.86. The summed E-state index contributed by atoms with van der Waals surface area (Å²) in [5.41, 5.74) is 0. The van der Waals surface area contributed by atoms with Gasteiger partial charge in [-0.15, -0.1) is 0 Å². The second kappa shape index (κ2) is 3.06. The van der Waals surface area contributed by atoms with Crippen molar-refractivity contribution >= 4 is 6.09 Å². The number of carboxylic acid groups (broad SMARTS) is 1. The molecule has 2 atom stereocenters. The van der Waals surface area contributed by atoms with E-state index < -0.39 is 6.09 Å². The summed E-state index contributed by atoms with van der Waals surface area (Å²) in [6.07, 6.45) is -0.520. The molecule has 1 saturated heterocycles. The zero-order valence-electron chi connectivity index (χ0n) is 5.97. The van der Waals surface area contributed by atoms with E-state index in [0.29, 0.717) is 6.42 Å². The summed E-state index contributed by atoms with van der Waals surface area (Å²) < 4.78 is 0. The number of aliphatic hydroxyl groups excluding tert-OH is 2. The van der Waals surface area contributed by atoms with Crippen LogP contribution in [0, 0.1) is 0 Å². The highest BCUT2D eigenvalue weighted by molar-refractivity contribution is 5.67. The summed E-state index contributed by atoms with van der Waals surface area (Å²) in [5.74, 6) is 0. The van der Waals surface area contributed by atoms with E-state index in [2.05, 4.69) is 0 Å². The van der Waals surface area contributed by atoms with Crippen LogP contribution in [0.15, 0.2) is 0 Å². The lowest BCUT2D eigenvalue weighted by molar-refractivity contribution is -0.0254. The molecule has 0 aromatic rings. The van der Waals surface area contributed by atoms with Crippen molar-refractivity contribution in [1.82, 2.24) is 4.90 Å². The molecule has 11 heavy (non-hydrogen) atoms. The first kappa shape index (κ1) is 8.29. The van der Waals surface area contributed by atoms with Crippen molar-refractivity contribution in [3.05, 3.63) is 0 Å². The number of hydrogen-bond acceptors (Lipinski definition) is 3. The second-order valence-electron chi connectivity index (χ2n) is 2.60. The first-order valence-electron chi connectivity index (χ1n) is 3.43. The Morgan fingerprint density at radius 2 is 1.82 bits per heavy atom. The van der Waals surface area contributed by atoms with Crippen molar-refractivity contribution in [2.75, 3.05) is 13.2 Å². The maximum Gasteiger partial charge on any atom is 0.407 e. The van der Waals surface area contributed by atoms with Gasteiger partial charge >= 0.3 is 6.09 Å². The van der Waals surface area contributed by atoms with Crippen molar-refractivity contribution in [3.63, 3.8) is 0 Å². The first-order chi connectivity index (χ1) is 5.20. The molecule has 0 radical (unpaired) electrons. The summed E-state index contributed by atoms with van der Waals surface area (Å²) in [6, 6.07) is -0.630. The van der Waals surface area contributed by atoms with Crippen LogP contribution in [0.3, 0.4) is 0 Å². The molecule has 0 bridgehead atoms. The maximum atomic E-state index is 10.4. The third-order valence-corrected chi connectivity index (χ3v) is 1.97. The Morgan fingerprint density at radius 1 is 1.36 bits per heavy atom. The zero-order valence-corrected chi connectivity index (χ0v) is 5.97. The molecular weight excluding hydrogens is 150 g/mol. The Balaban J connectivity index is 2.49. The van der Waals surface area contributed by atoms with Crippen LogP contribution in [-0.4, -0.2) is 51.6 Å². The summed E-state index contributed by atoms with van der Waals surface area (Å²) in [6.45, 7) is -0.328. The fourth-order valence-corrected chi connectivity index (χ4v) is 1.34. The van der Waals surface area contributed by atoms with E-state index in [1.807, 2.05) is 0 Å².